The minimum absolute atomic E-state index is 0.0293. The minimum atomic E-state index is -0.249. The SMILES string of the molecule is O=C(N[C@H]1CC(=O)N(c2ccc(Cl)cc2)C1)c1ccc2c(c1)OCO2. The van der Waals surface area contributed by atoms with Gasteiger partial charge in [0.2, 0.25) is 12.7 Å². The summed E-state index contributed by atoms with van der Waals surface area (Å²) < 4.78 is 10.5. The van der Waals surface area contributed by atoms with Crippen molar-refractivity contribution in [1.29, 1.82) is 0 Å². The fraction of sp³-hybridized carbons (Fsp3) is 0.222. The smallest absolute Gasteiger partial charge is 0.251 e. The second kappa shape index (κ2) is 6.29. The first kappa shape index (κ1) is 15.8. The summed E-state index contributed by atoms with van der Waals surface area (Å²) in [5.41, 5.74) is 1.25. The zero-order chi connectivity index (χ0) is 17.4. The number of anilines is 1. The number of amides is 2. The molecule has 2 heterocycles. The maximum atomic E-state index is 12.4. The third-order valence-corrected chi connectivity index (χ3v) is 4.49. The van der Waals surface area contributed by atoms with Crippen molar-refractivity contribution < 1.29 is 19.1 Å². The Balaban J connectivity index is 1.44. The molecule has 0 aliphatic carbocycles. The molecular formula is C18H15ClN2O4. The molecular weight excluding hydrogens is 344 g/mol. The summed E-state index contributed by atoms with van der Waals surface area (Å²) in [5, 5.41) is 3.52. The standard InChI is InChI=1S/C18H15ClN2O4/c19-12-2-4-14(5-3-12)21-9-13(8-17(21)22)20-18(23)11-1-6-15-16(7-11)25-10-24-15/h1-7,13H,8-10H2,(H,20,23)/t13-/m0/s1. The van der Waals surface area contributed by atoms with Crippen LogP contribution in [0.1, 0.15) is 16.8 Å². The van der Waals surface area contributed by atoms with Crippen molar-refractivity contribution in [2.24, 2.45) is 0 Å². The van der Waals surface area contributed by atoms with Crippen LogP contribution in [0.2, 0.25) is 5.02 Å². The summed E-state index contributed by atoms with van der Waals surface area (Å²) in [4.78, 5) is 26.3. The van der Waals surface area contributed by atoms with Gasteiger partial charge in [-0.3, -0.25) is 9.59 Å². The number of nitrogens with one attached hydrogen (secondary N) is 1. The van der Waals surface area contributed by atoms with Gasteiger partial charge in [-0.1, -0.05) is 11.6 Å². The molecule has 25 heavy (non-hydrogen) atoms. The van der Waals surface area contributed by atoms with E-state index in [4.69, 9.17) is 21.1 Å². The highest BCUT2D eigenvalue weighted by molar-refractivity contribution is 6.30. The molecule has 2 aromatic carbocycles. The van der Waals surface area contributed by atoms with E-state index in [2.05, 4.69) is 5.32 Å². The normalized spacial score (nSPS) is 18.5. The molecule has 7 heteroatoms. The third-order valence-electron chi connectivity index (χ3n) is 4.23. The molecule has 1 N–H and O–H groups in total. The number of fused-ring (bicyclic) bond motifs is 1. The van der Waals surface area contributed by atoms with E-state index in [0.29, 0.717) is 28.6 Å². The van der Waals surface area contributed by atoms with Gasteiger partial charge < -0.3 is 19.7 Å². The van der Waals surface area contributed by atoms with Crippen LogP contribution in [0.3, 0.4) is 0 Å². The molecule has 2 amide bonds. The van der Waals surface area contributed by atoms with Gasteiger partial charge in [-0.25, -0.2) is 0 Å². The van der Waals surface area contributed by atoms with Gasteiger partial charge in [-0.2, -0.15) is 0 Å². The minimum Gasteiger partial charge on any atom is -0.454 e. The van der Waals surface area contributed by atoms with Crippen LogP contribution in [-0.4, -0.2) is 31.2 Å². The second-order valence-electron chi connectivity index (χ2n) is 5.92. The fourth-order valence-corrected chi connectivity index (χ4v) is 3.11. The molecule has 2 aromatic rings. The van der Waals surface area contributed by atoms with Gasteiger partial charge >= 0.3 is 0 Å². The molecule has 1 atom stereocenters. The van der Waals surface area contributed by atoms with Crippen molar-refractivity contribution in [3.8, 4) is 11.5 Å². The monoisotopic (exact) mass is 358 g/mol. The number of ether oxygens (including phenoxy) is 2. The first-order valence-electron chi connectivity index (χ1n) is 7.86. The first-order chi connectivity index (χ1) is 12.1. The zero-order valence-corrected chi connectivity index (χ0v) is 14.0. The Labute approximate surface area is 149 Å². The van der Waals surface area contributed by atoms with E-state index in [9.17, 15) is 9.59 Å². The number of carbonyl (C=O) groups is 2. The van der Waals surface area contributed by atoms with Crippen LogP contribution in [0.4, 0.5) is 5.69 Å². The molecule has 0 aromatic heterocycles. The fourth-order valence-electron chi connectivity index (χ4n) is 2.98. The lowest BCUT2D eigenvalue weighted by Gasteiger charge is -2.17. The predicted octanol–water partition coefficient (Wildman–Crippen LogP) is 2.60. The van der Waals surface area contributed by atoms with Crippen LogP contribution in [0.5, 0.6) is 11.5 Å². The summed E-state index contributed by atoms with van der Waals surface area (Å²) in [6, 6.07) is 11.8. The maximum Gasteiger partial charge on any atom is 0.251 e. The third kappa shape index (κ3) is 3.13. The number of carbonyl (C=O) groups excluding carboxylic acids is 2. The Morgan fingerprint density at radius 1 is 1.12 bits per heavy atom. The number of benzene rings is 2. The van der Waals surface area contributed by atoms with Gasteiger partial charge in [-0.15, -0.1) is 0 Å². The van der Waals surface area contributed by atoms with Crippen molar-refractivity contribution in [3.63, 3.8) is 0 Å². The van der Waals surface area contributed by atoms with E-state index in [-0.39, 0.29) is 31.1 Å². The molecule has 0 bridgehead atoms. The Morgan fingerprint density at radius 2 is 1.88 bits per heavy atom. The van der Waals surface area contributed by atoms with Gasteiger partial charge in [0.05, 0.1) is 6.04 Å². The van der Waals surface area contributed by atoms with E-state index in [1.165, 1.54) is 0 Å². The van der Waals surface area contributed by atoms with Crippen molar-refractivity contribution in [1.82, 2.24) is 5.32 Å². The van der Waals surface area contributed by atoms with E-state index < -0.39 is 0 Å². The number of hydrogen-bond donors (Lipinski definition) is 1. The molecule has 1 fully saturated rings. The van der Waals surface area contributed by atoms with E-state index in [1.807, 2.05) is 0 Å². The highest BCUT2D eigenvalue weighted by atomic mass is 35.5. The van der Waals surface area contributed by atoms with Crippen LogP contribution in [0, 0.1) is 0 Å². The van der Waals surface area contributed by atoms with Crippen molar-refractivity contribution in [2.45, 2.75) is 12.5 Å². The average molecular weight is 359 g/mol. The van der Waals surface area contributed by atoms with Crippen molar-refractivity contribution in [3.05, 3.63) is 53.1 Å². The Bertz CT molecular complexity index is 837. The molecule has 0 saturated carbocycles. The first-order valence-corrected chi connectivity index (χ1v) is 8.24. The van der Waals surface area contributed by atoms with Gasteiger partial charge in [0.15, 0.2) is 11.5 Å². The lowest BCUT2D eigenvalue weighted by molar-refractivity contribution is -0.117. The van der Waals surface area contributed by atoms with Crippen LogP contribution in [0.15, 0.2) is 42.5 Å². The van der Waals surface area contributed by atoms with E-state index in [0.717, 1.165) is 5.69 Å². The summed E-state index contributed by atoms with van der Waals surface area (Å²) in [7, 11) is 0. The van der Waals surface area contributed by atoms with Crippen LogP contribution >= 0.6 is 11.6 Å². The average Bonchev–Trinajstić information content (AvgIpc) is 3.21. The van der Waals surface area contributed by atoms with Gasteiger partial charge in [0.1, 0.15) is 0 Å². The highest BCUT2D eigenvalue weighted by Crippen LogP contribution is 2.32. The molecule has 128 valence electrons. The summed E-state index contributed by atoms with van der Waals surface area (Å²) >= 11 is 5.88. The highest BCUT2D eigenvalue weighted by Gasteiger charge is 2.32. The Morgan fingerprint density at radius 3 is 2.68 bits per heavy atom. The molecule has 2 aliphatic rings. The molecule has 0 spiro atoms. The maximum absolute atomic E-state index is 12.4. The molecule has 1 saturated heterocycles. The van der Waals surface area contributed by atoms with Crippen molar-refractivity contribution >= 4 is 29.1 Å². The van der Waals surface area contributed by atoms with E-state index in [1.54, 1.807) is 47.4 Å². The molecule has 6 nitrogen and oxygen atoms in total. The Hall–Kier alpha value is -2.73. The zero-order valence-electron chi connectivity index (χ0n) is 13.2. The topological polar surface area (TPSA) is 67.9 Å². The van der Waals surface area contributed by atoms with Crippen LogP contribution < -0.4 is 19.7 Å². The second-order valence-corrected chi connectivity index (χ2v) is 6.36. The number of halogens is 1. The molecule has 4 rings (SSSR count). The number of rotatable bonds is 3. The molecule has 0 unspecified atom stereocenters. The Kier molecular flexibility index (Phi) is 3.97. The quantitative estimate of drug-likeness (QED) is 0.915. The summed E-state index contributed by atoms with van der Waals surface area (Å²) in [6.45, 7) is 0.588. The van der Waals surface area contributed by atoms with E-state index >= 15 is 0 Å². The van der Waals surface area contributed by atoms with Crippen LogP contribution in [-0.2, 0) is 4.79 Å². The summed E-state index contributed by atoms with van der Waals surface area (Å²) in [5.74, 6) is 0.909. The largest absolute Gasteiger partial charge is 0.454 e. The number of hydrogen-bond acceptors (Lipinski definition) is 4. The van der Waals surface area contributed by atoms with Crippen LogP contribution in [0.25, 0.3) is 0 Å². The van der Waals surface area contributed by atoms with Gasteiger partial charge in [-0.05, 0) is 42.5 Å². The predicted molar refractivity (Wildman–Crippen MR) is 92.2 cm³/mol. The molecule has 2 aliphatic heterocycles. The van der Waals surface area contributed by atoms with Crippen molar-refractivity contribution in [2.75, 3.05) is 18.2 Å². The lowest BCUT2D eigenvalue weighted by Crippen LogP contribution is -2.37. The van der Waals surface area contributed by atoms with Gasteiger partial charge in [0.25, 0.3) is 5.91 Å². The summed E-state index contributed by atoms with van der Waals surface area (Å²) in [6.07, 6.45) is 0.263. The molecule has 0 radical (unpaired) electrons. The number of nitrogens with zero attached hydrogens (tertiary/aromatic N) is 1. The van der Waals surface area contributed by atoms with Gasteiger partial charge in [0, 0.05) is 29.2 Å². The lowest BCUT2D eigenvalue weighted by atomic mass is 10.1.